The predicted octanol–water partition coefficient (Wildman–Crippen LogP) is 3.93. The van der Waals surface area contributed by atoms with E-state index in [0.717, 1.165) is 22.0 Å². The van der Waals surface area contributed by atoms with Gasteiger partial charge in [-0.1, -0.05) is 24.3 Å². The molecule has 2 amide bonds. The Morgan fingerprint density at radius 3 is 2.80 bits per heavy atom. The molecule has 1 aromatic carbocycles. The van der Waals surface area contributed by atoms with Crippen LogP contribution in [-0.2, 0) is 29.2 Å². The molecule has 4 rings (SSSR count). The third kappa shape index (κ3) is 4.57. The van der Waals surface area contributed by atoms with Gasteiger partial charge in [0.2, 0.25) is 11.8 Å². The molecule has 0 radical (unpaired) electrons. The normalized spacial score (nSPS) is 16.1. The van der Waals surface area contributed by atoms with Gasteiger partial charge < -0.3 is 19.0 Å². The third-order valence-electron chi connectivity index (χ3n) is 5.28. The number of carbonyl (C=O) groups is 2. The van der Waals surface area contributed by atoms with Gasteiger partial charge in [-0.15, -0.1) is 11.3 Å². The summed E-state index contributed by atoms with van der Waals surface area (Å²) in [5.74, 6) is 1.09. The van der Waals surface area contributed by atoms with Gasteiger partial charge in [0.25, 0.3) is 0 Å². The molecule has 1 atom stereocenters. The SMILES string of the molecule is COc1ccccc1CN(Cc1cccs1)C(=O)C1CC(=O)N(Cc2ccco2)C1. The zero-order valence-electron chi connectivity index (χ0n) is 16.8. The lowest BCUT2D eigenvalue weighted by atomic mass is 10.1. The second-order valence-electron chi connectivity index (χ2n) is 7.34. The number of thiophene rings is 1. The summed E-state index contributed by atoms with van der Waals surface area (Å²) in [5.41, 5.74) is 0.946. The van der Waals surface area contributed by atoms with Crippen LogP contribution in [0.15, 0.2) is 64.6 Å². The van der Waals surface area contributed by atoms with Crippen LogP contribution in [0.3, 0.4) is 0 Å². The van der Waals surface area contributed by atoms with E-state index in [4.69, 9.17) is 9.15 Å². The van der Waals surface area contributed by atoms with Crippen molar-refractivity contribution in [3.05, 3.63) is 76.4 Å². The van der Waals surface area contributed by atoms with Gasteiger partial charge in [-0.25, -0.2) is 0 Å². The van der Waals surface area contributed by atoms with Crippen LogP contribution in [0.4, 0.5) is 0 Å². The van der Waals surface area contributed by atoms with Crippen LogP contribution in [0, 0.1) is 5.92 Å². The number of benzene rings is 1. The molecule has 1 aliphatic rings. The van der Waals surface area contributed by atoms with Crippen molar-refractivity contribution in [3.63, 3.8) is 0 Å². The number of likely N-dealkylation sites (tertiary alicyclic amines) is 1. The summed E-state index contributed by atoms with van der Waals surface area (Å²) in [4.78, 5) is 30.6. The number of furan rings is 1. The van der Waals surface area contributed by atoms with Gasteiger partial charge in [-0.2, -0.15) is 0 Å². The lowest BCUT2D eigenvalue weighted by Gasteiger charge is -2.26. The molecule has 0 spiro atoms. The van der Waals surface area contributed by atoms with Crippen molar-refractivity contribution >= 4 is 23.2 Å². The van der Waals surface area contributed by atoms with E-state index in [9.17, 15) is 9.59 Å². The molecule has 0 bridgehead atoms. The summed E-state index contributed by atoms with van der Waals surface area (Å²) in [6, 6.07) is 15.4. The molecule has 1 saturated heterocycles. The van der Waals surface area contributed by atoms with Gasteiger partial charge in [0.05, 0.1) is 32.4 Å². The molecule has 7 heteroatoms. The topological polar surface area (TPSA) is 63.0 Å². The van der Waals surface area contributed by atoms with Gasteiger partial charge in [-0.05, 0) is 29.6 Å². The Labute approximate surface area is 179 Å². The quantitative estimate of drug-likeness (QED) is 0.550. The average Bonchev–Trinajstić information content (AvgIpc) is 3.51. The molecule has 0 saturated carbocycles. The van der Waals surface area contributed by atoms with E-state index in [1.165, 1.54) is 0 Å². The number of methoxy groups -OCH3 is 1. The van der Waals surface area contributed by atoms with Crippen molar-refractivity contribution in [2.45, 2.75) is 26.1 Å². The van der Waals surface area contributed by atoms with E-state index < -0.39 is 0 Å². The van der Waals surface area contributed by atoms with Crippen LogP contribution in [0.25, 0.3) is 0 Å². The maximum Gasteiger partial charge on any atom is 0.228 e. The highest BCUT2D eigenvalue weighted by atomic mass is 32.1. The second kappa shape index (κ2) is 9.17. The van der Waals surface area contributed by atoms with Crippen LogP contribution >= 0.6 is 11.3 Å². The average molecular weight is 425 g/mol. The largest absolute Gasteiger partial charge is 0.496 e. The maximum absolute atomic E-state index is 13.5. The first-order chi connectivity index (χ1) is 14.6. The Balaban J connectivity index is 1.51. The van der Waals surface area contributed by atoms with Crippen molar-refractivity contribution in [3.8, 4) is 5.75 Å². The number of para-hydroxylation sites is 1. The summed E-state index contributed by atoms with van der Waals surface area (Å²) >= 11 is 1.62. The molecule has 156 valence electrons. The van der Waals surface area contributed by atoms with Crippen LogP contribution in [-0.4, -0.2) is 35.3 Å². The lowest BCUT2D eigenvalue weighted by molar-refractivity contribution is -0.137. The summed E-state index contributed by atoms with van der Waals surface area (Å²) in [6.45, 7) is 1.75. The van der Waals surface area contributed by atoms with E-state index in [1.54, 1.807) is 35.7 Å². The van der Waals surface area contributed by atoms with Crippen molar-refractivity contribution in [2.24, 2.45) is 5.92 Å². The standard InChI is InChI=1S/C23H24N2O4S/c1-28-21-9-3-2-6-17(21)13-25(16-20-8-5-11-30-20)23(27)18-12-22(26)24(14-18)15-19-7-4-10-29-19/h2-11,18H,12-16H2,1H3. The molecule has 30 heavy (non-hydrogen) atoms. The maximum atomic E-state index is 13.5. The molecule has 3 aromatic rings. The fraction of sp³-hybridized carbons (Fsp3) is 0.304. The van der Waals surface area contributed by atoms with Crippen molar-refractivity contribution in [1.82, 2.24) is 9.80 Å². The molecule has 0 aliphatic carbocycles. The van der Waals surface area contributed by atoms with E-state index in [-0.39, 0.29) is 24.2 Å². The number of nitrogens with zero attached hydrogens (tertiary/aromatic N) is 2. The lowest BCUT2D eigenvalue weighted by Crippen LogP contribution is -2.36. The Hall–Kier alpha value is -3.06. The van der Waals surface area contributed by atoms with Crippen molar-refractivity contribution < 1.29 is 18.7 Å². The number of carbonyl (C=O) groups excluding carboxylic acids is 2. The molecule has 1 unspecified atom stereocenters. The molecule has 1 fully saturated rings. The molecular weight excluding hydrogens is 400 g/mol. The minimum Gasteiger partial charge on any atom is -0.496 e. The van der Waals surface area contributed by atoms with Crippen LogP contribution in [0.1, 0.15) is 22.6 Å². The van der Waals surface area contributed by atoms with E-state index in [0.29, 0.717) is 26.2 Å². The zero-order valence-corrected chi connectivity index (χ0v) is 17.6. The first kappa shape index (κ1) is 20.2. The first-order valence-corrected chi connectivity index (χ1v) is 10.7. The molecular formula is C23H24N2O4S. The number of hydrogen-bond acceptors (Lipinski definition) is 5. The second-order valence-corrected chi connectivity index (χ2v) is 8.37. The van der Waals surface area contributed by atoms with Gasteiger partial charge >= 0.3 is 0 Å². The van der Waals surface area contributed by atoms with Gasteiger partial charge in [-0.3, -0.25) is 9.59 Å². The summed E-state index contributed by atoms with van der Waals surface area (Å²) < 4.78 is 10.8. The summed E-state index contributed by atoms with van der Waals surface area (Å²) in [5, 5.41) is 2.01. The van der Waals surface area contributed by atoms with Crippen LogP contribution in [0.2, 0.25) is 0 Å². The van der Waals surface area contributed by atoms with E-state index in [2.05, 4.69) is 0 Å². The predicted molar refractivity (Wildman–Crippen MR) is 114 cm³/mol. The van der Waals surface area contributed by atoms with Crippen molar-refractivity contribution in [1.29, 1.82) is 0 Å². The Morgan fingerprint density at radius 1 is 1.20 bits per heavy atom. The molecule has 1 aliphatic heterocycles. The highest BCUT2D eigenvalue weighted by Gasteiger charge is 2.37. The van der Waals surface area contributed by atoms with Gasteiger partial charge in [0.15, 0.2) is 0 Å². The van der Waals surface area contributed by atoms with E-state index in [1.807, 2.05) is 52.7 Å². The summed E-state index contributed by atoms with van der Waals surface area (Å²) in [6.07, 6.45) is 1.82. The van der Waals surface area contributed by atoms with Crippen LogP contribution < -0.4 is 4.74 Å². The Morgan fingerprint density at radius 2 is 2.07 bits per heavy atom. The monoisotopic (exact) mass is 424 g/mol. The van der Waals surface area contributed by atoms with E-state index >= 15 is 0 Å². The van der Waals surface area contributed by atoms with Crippen LogP contribution in [0.5, 0.6) is 5.75 Å². The number of hydrogen-bond donors (Lipinski definition) is 0. The van der Waals surface area contributed by atoms with Gasteiger partial charge in [0, 0.05) is 30.0 Å². The summed E-state index contributed by atoms with van der Waals surface area (Å²) in [7, 11) is 1.63. The fourth-order valence-electron chi connectivity index (χ4n) is 3.78. The number of rotatable bonds is 8. The first-order valence-electron chi connectivity index (χ1n) is 9.87. The molecule has 3 heterocycles. The highest BCUT2D eigenvalue weighted by molar-refractivity contribution is 7.09. The fourth-order valence-corrected chi connectivity index (χ4v) is 4.50. The minimum absolute atomic E-state index is 0.00963. The van der Waals surface area contributed by atoms with Crippen molar-refractivity contribution in [2.75, 3.05) is 13.7 Å². The Kier molecular flexibility index (Phi) is 6.18. The smallest absolute Gasteiger partial charge is 0.228 e. The van der Waals surface area contributed by atoms with Gasteiger partial charge in [0.1, 0.15) is 11.5 Å². The molecule has 2 aromatic heterocycles. The molecule has 0 N–H and O–H groups in total. The Bertz CT molecular complexity index is 985. The zero-order chi connectivity index (χ0) is 20.9. The molecule has 6 nitrogen and oxygen atoms in total. The number of amides is 2. The third-order valence-corrected chi connectivity index (χ3v) is 6.14. The highest BCUT2D eigenvalue weighted by Crippen LogP contribution is 2.27. The number of ether oxygens (including phenoxy) is 1. The minimum atomic E-state index is -0.359.